The Morgan fingerprint density at radius 2 is 1.79 bits per heavy atom. The fourth-order valence-corrected chi connectivity index (χ4v) is 6.85. The van der Waals surface area contributed by atoms with Crippen LogP contribution in [0, 0.1) is 0 Å². The monoisotopic (exact) mass is 643 g/mol. The number of hydrogen-bond donors (Lipinski definition) is 1. The maximum absolute atomic E-state index is 6.22. The maximum Gasteiger partial charge on any atom is 0.185 e. The van der Waals surface area contributed by atoms with E-state index in [-0.39, 0.29) is 6.10 Å². The van der Waals surface area contributed by atoms with E-state index in [0.717, 1.165) is 88.0 Å². The molecule has 1 saturated carbocycles. The highest BCUT2D eigenvalue weighted by molar-refractivity contribution is 5.74. The number of nitrogens with one attached hydrogen (secondary N) is 1. The summed E-state index contributed by atoms with van der Waals surface area (Å²) in [6, 6.07) is 13.6. The number of dihydropyridines is 1. The van der Waals surface area contributed by atoms with Gasteiger partial charge in [0.05, 0.1) is 26.9 Å². The predicted octanol–water partition coefficient (Wildman–Crippen LogP) is 8.67. The van der Waals surface area contributed by atoms with Crippen molar-refractivity contribution in [2.75, 3.05) is 51.9 Å². The molecule has 2 aromatic rings. The molecule has 0 atom stereocenters. The molecule has 0 unspecified atom stereocenters. The number of hydrogen-bond acceptors (Lipinski definition) is 7. The van der Waals surface area contributed by atoms with Crippen molar-refractivity contribution >= 4 is 11.3 Å². The van der Waals surface area contributed by atoms with Crippen LogP contribution in [0.15, 0.2) is 66.2 Å². The van der Waals surface area contributed by atoms with Crippen molar-refractivity contribution in [3.05, 3.63) is 77.3 Å². The van der Waals surface area contributed by atoms with Crippen LogP contribution in [0.4, 0.5) is 5.69 Å². The summed E-state index contributed by atoms with van der Waals surface area (Å²) in [4.78, 5) is 5.03. The number of rotatable bonds is 16. The molecule has 7 heteroatoms. The fraction of sp³-hybridized carbons (Fsp3) is 0.550. The van der Waals surface area contributed by atoms with Gasteiger partial charge in [-0.15, -0.1) is 0 Å². The van der Waals surface area contributed by atoms with Crippen LogP contribution in [0.1, 0.15) is 96.1 Å². The summed E-state index contributed by atoms with van der Waals surface area (Å²) >= 11 is 0. The number of unbranched alkanes of at least 4 members (excludes halogenated alkanes) is 1. The van der Waals surface area contributed by atoms with Crippen LogP contribution < -0.4 is 24.4 Å². The summed E-state index contributed by atoms with van der Waals surface area (Å²) < 4.78 is 23.9. The summed E-state index contributed by atoms with van der Waals surface area (Å²) in [5, 5.41) is 3.60. The molecule has 0 spiro atoms. The first kappa shape index (κ1) is 34.6. The number of likely N-dealkylation sites (tertiary alicyclic amines) is 1. The van der Waals surface area contributed by atoms with E-state index in [1.165, 1.54) is 47.2 Å². The van der Waals surface area contributed by atoms with Gasteiger partial charge >= 0.3 is 0 Å². The van der Waals surface area contributed by atoms with Gasteiger partial charge in [0.15, 0.2) is 17.4 Å². The molecule has 2 aliphatic heterocycles. The van der Waals surface area contributed by atoms with E-state index < -0.39 is 0 Å². The molecule has 0 radical (unpaired) electrons. The minimum Gasteiger partial charge on any atom is -0.494 e. The van der Waals surface area contributed by atoms with E-state index in [1.807, 2.05) is 0 Å². The van der Waals surface area contributed by atoms with Crippen molar-refractivity contribution in [1.29, 1.82) is 0 Å². The standard InChI is InChI=1S/C40H57N3O4/c1-7-9-22-46-36-16-14-34(15-17-36)43(35-18-20-42(21-19-35)39(11-8-2)47-29(3)4)28-30-23-33(27-41-26-30)32-24-37(31-12-10-13-31)40(45-6)38(25-32)44-5/h11,14-17,23-26,29,31,35,41H,7-10,12-13,18-22,27-28H2,1-6H3. The van der Waals surface area contributed by atoms with E-state index in [2.05, 4.69) is 97.6 Å². The zero-order valence-corrected chi connectivity index (χ0v) is 29.6. The predicted molar refractivity (Wildman–Crippen MR) is 194 cm³/mol. The smallest absolute Gasteiger partial charge is 0.185 e. The molecule has 2 heterocycles. The lowest BCUT2D eigenvalue weighted by atomic mass is 9.78. The van der Waals surface area contributed by atoms with Crippen LogP contribution in [0.5, 0.6) is 17.2 Å². The molecule has 1 N–H and O–H groups in total. The Kier molecular flexibility index (Phi) is 12.4. The largest absolute Gasteiger partial charge is 0.494 e. The topological polar surface area (TPSA) is 55.4 Å². The average molecular weight is 644 g/mol. The fourth-order valence-electron chi connectivity index (χ4n) is 6.85. The van der Waals surface area contributed by atoms with Crippen molar-refractivity contribution in [1.82, 2.24) is 10.2 Å². The highest BCUT2D eigenvalue weighted by Crippen LogP contribution is 2.46. The zero-order valence-electron chi connectivity index (χ0n) is 29.6. The normalized spacial score (nSPS) is 17.4. The number of benzene rings is 2. The zero-order chi connectivity index (χ0) is 33.2. The molecule has 256 valence electrons. The van der Waals surface area contributed by atoms with Gasteiger partial charge in [-0.25, -0.2) is 0 Å². The van der Waals surface area contributed by atoms with Gasteiger partial charge in [0, 0.05) is 49.7 Å². The molecule has 0 bridgehead atoms. The molecule has 3 aliphatic rings. The Balaban J connectivity index is 1.39. The number of methoxy groups -OCH3 is 2. The number of allylic oxidation sites excluding steroid dienone is 1. The highest BCUT2D eigenvalue weighted by atomic mass is 16.5. The quantitative estimate of drug-likeness (QED) is 0.145. The number of anilines is 1. The number of ether oxygens (including phenoxy) is 4. The van der Waals surface area contributed by atoms with Gasteiger partial charge in [-0.05, 0) is 117 Å². The van der Waals surface area contributed by atoms with Gasteiger partial charge in [0.1, 0.15) is 5.75 Å². The molecule has 7 nitrogen and oxygen atoms in total. The third-order valence-corrected chi connectivity index (χ3v) is 9.60. The molecule has 47 heavy (non-hydrogen) atoms. The van der Waals surface area contributed by atoms with Gasteiger partial charge < -0.3 is 34.1 Å². The summed E-state index contributed by atoms with van der Waals surface area (Å²) in [6.07, 6.45) is 16.0. The highest BCUT2D eigenvalue weighted by Gasteiger charge is 2.29. The van der Waals surface area contributed by atoms with E-state index in [4.69, 9.17) is 18.9 Å². The third-order valence-electron chi connectivity index (χ3n) is 9.60. The van der Waals surface area contributed by atoms with Gasteiger partial charge in [-0.1, -0.05) is 32.8 Å². The lowest BCUT2D eigenvalue weighted by molar-refractivity contribution is 0.0580. The third kappa shape index (κ3) is 8.79. The van der Waals surface area contributed by atoms with Crippen LogP contribution in [-0.4, -0.2) is 64.1 Å². The van der Waals surface area contributed by atoms with E-state index >= 15 is 0 Å². The second-order valence-corrected chi connectivity index (χ2v) is 13.4. The molecule has 1 saturated heterocycles. The molecule has 0 aromatic heterocycles. The van der Waals surface area contributed by atoms with Gasteiger partial charge in [-0.3, -0.25) is 0 Å². The van der Waals surface area contributed by atoms with Crippen LogP contribution in [0.3, 0.4) is 0 Å². The maximum atomic E-state index is 6.22. The Morgan fingerprint density at radius 3 is 2.40 bits per heavy atom. The number of piperidine rings is 1. The second-order valence-electron chi connectivity index (χ2n) is 13.4. The molecule has 0 amide bonds. The van der Waals surface area contributed by atoms with Crippen molar-refractivity contribution in [2.45, 2.75) is 97.1 Å². The van der Waals surface area contributed by atoms with Crippen LogP contribution in [0.25, 0.3) is 5.57 Å². The van der Waals surface area contributed by atoms with Crippen molar-refractivity contribution in [2.24, 2.45) is 0 Å². The Labute approximate surface area is 283 Å². The lowest BCUT2D eigenvalue weighted by Crippen LogP contribution is -2.46. The summed E-state index contributed by atoms with van der Waals surface area (Å²) in [5.74, 6) is 4.21. The molecule has 1 aliphatic carbocycles. The lowest BCUT2D eigenvalue weighted by Gasteiger charge is -2.41. The first-order valence-corrected chi connectivity index (χ1v) is 17.9. The number of nitrogens with zero attached hydrogens (tertiary/aromatic N) is 2. The van der Waals surface area contributed by atoms with E-state index in [0.29, 0.717) is 12.0 Å². The van der Waals surface area contributed by atoms with Gasteiger partial charge in [-0.2, -0.15) is 0 Å². The summed E-state index contributed by atoms with van der Waals surface area (Å²) in [7, 11) is 3.49. The first-order valence-electron chi connectivity index (χ1n) is 17.9. The molecule has 2 aromatic carbocycles. The van der Waals surface area contributed by atoms with Gasteiger partial charge in [0.2, 0.25) is 0 Å². The second kappa shape index (κ2) is 16.9. The molecular formula is C40H57N3O4. The Bertz CT molecular complexity index is 1380. The summed E-state index contributed by atoms with van der Waals surface area (Å²) in [6.45, 7) is 12.9. The van der Waals surface area contributed by atoms with Crippen LogP contribution in [-0.2, 0) is 4.74 Å². The molecular weight excluding hydrogens is 586 g/mol. The SMILES string of the molecule is CCC=C(OC(C)C)N1CCC(N(CC2=CNCC(c3cc(OC)c(OC)c(C4CCC4)c3)=C2)c2ccc(OCCCC)cc2)CC1. The van der Waals surface area contributed by atoms with Crippen molar-refractivity contribution < 1.29 is 18.9 Å². The minimum atomic E-state index is 0.169. The molecule has 2 fully saturated rings. The average Bonchev–Trinajstić information content (AvgIpc) is 3.06. The first-order chi connectivity index (χ1) is 22.9. The van der Waals surface area contributed by atoms with Crippen molar-refractivity contribution in [3.63, 3.8) is 0 Å². The molecule has 5 rings (SSSR count). The van der Waals surface area contributed by atoms with Crippen molar-refractivity contribution in [3.8, 4) is 17.2 Å². The van der Waals surface area contributed by atoms with Crippen LogP contribution >= 0.6 is 0 Å². The Hall–Kier alpha value is -3.74. The Morgan fingerprint density at radius 1 is 1.02 bits per heavy atom. The van der Waals surface area contributed by atoms with E-state index in [9.17, 15) is 0 Å². The van der Waals surface area contributed by atoms with Gasteiger partial charge in [0.25, 0.3) is 0 Å². The minimum absolute atomic E-state index is 0.169. The van der Waals surface area contributed by atoms with E-state index in [1.54, 1.807) is 14.2 Å². The summed E-state index contributed by atoms with van der Waals surface area (Å²) in [5.41, 5.74) is 6.26. The van der Waals surface area contributed by atoms with Crippen LogP contribution in [0.2, 0.25) is 0 Å².